The number of fused-ring (bicyclic) bond motifs is 1. The quantitative estimate of drug-likeness (QED) is 0.879. The molecule has 18 heavy (non-hydrogen) atoms. The molecule has 1 heterocycles. The summed E-state index contributed by atoms with van der Waals surface area (Å²) in [4.78, 5) is 0. The van der Waals surface area contributed by atoms with Crippen LogP contribution in [-0.2, 0) is 19.9 Å². The molecule has 94 valence electrons. The summed E-state index contributed by atoms with van der Waals surface area (Å²) in [6, 6.07) is 4.28. The predicted octanol–water partition coefficient (Wildman–Crippen LogP) is 2.17. The minimum absolute atomic E-state index is 0.672. The molecule has 0 saturated heterocycles. The third-order valence-electron chi connectivity index (χ3n) is 3.71. The molecule has 0 spiro atoms. The van der Waals surface area contributed by atoms with Crippen molar-refractivity contribution in [2.24, 2.45) is 7.05 Å². The summed E-state index contributed by atoms with van der Waals surface area (Å²) in [5, 5.41) is 4.20. The Bertz CT molecular complexity index is 601. The number of nitrogens with zero attached hydrogens (tertiary/aromatic N) is 2. The number of methoxy groups -OCH3 is 1. The molecule has 0 saturated carbocycles. The van der Waals surface area contributed by atoms with E-state index in [2.05, 4.69) is 17.2 Å². The Morgan fingerprint density at radius 3 is 2.78 bits per heavy atom. The standard InChI is InChI=1S/C14H17N3O/c1-17-14(15)12(8-16-17)11-7-6-9-4-3-5-10(9)13(11)18-2/h6-8H,3-5,15H2,1-2H3. The monoisotopic (exact) mass is 243 g/mol. The largest absolute Gasteiger partial charge is 0.496 e. The lowest BCUT2D eigenvalue weighted by Crippen LogP contribution is -1.99. The second kappa shape index (κ2) is 4.05. The number of nitrogens with two attached hydrogens (primary N) is 1. The molecule has 1 aromatic carbocycles. The van der Waals surface area contributed by atoms with Crippen LogP contribution in [0.5, 0.6) is 5.75 Å². The summed E-state index contributed by atoms with van der Waals surface area (Å²) in [7, 11) is 3.57. The van der Waals surface area contributed by atoms with Crippen molar-refractivity contribution < 1.29 is 4.74 Å². The van der Waals surface area contributed by atoms with Crippen LogP contribution in [0.3, 0.4) is 0 Å². The van der Waals surface area contributed by atoms with Crippen LogP contribution in [0.15, 0.2) is 18.3 Å². The van der Waals surface area contributed by atoms with Gasteiger partial charge in [-0.05, 0) is 30.4 Å². The molecule has 0 aliphatic heterocycles. The van der Waals surface area contributed by atoms with Gasteiger partial charge in [-0.15, -0.1) is 0 Å². The van der Waals surface area contributed by atoms with Crippen LogP contribution < -0.4 is 10.5 Å². The summed E-state index contributed by atoms with van der Waals surface area (Å²) in [6.45, 7) is 0. The topological polar surface area (TPSA) is 53.1 Å². The molecule has 2 N–H and O–H groups in total. The van der Waals surface area contributed by atoms with Crippen molar-refractivity contribution in [2.75, 3.05) is 12.8 Å². The fourth-order valence-electron chi connectivity index (χ4n) is 2.73. The molecular weight excluding hydrogens is 226 g/mol. The molecule has 0 radical (unpaired) electrons. The number of rotatable bonds is 2. The summed E-state index contributed by atoms with van der Waals surface area (Å²) in [5.74, 6) is 1.64. The molecule has 2 aromatic rings. The van der Waals surface area contributed by atoms with Gasteiger partial charge in [0.05, 0.1) is 13.3 Å². The highest BCUT2D eigenvalue weighted by Gasteiger charge is 2.21. The van der Waals surface area contributed by atoms with Crippen LogP contribution >= 0.6 is 0 Å². The Kier molecular flexibility index (Phi) is 2.51. The summed E-state index contributed by atoms with van der Waals surface area (Å²) in [5.41, 5.74) is 10.8. The average Bonchev–Trinajstić information content (AvgIpc) is 2.97. The second-order valence-corrected chi connectivity index (χ2v) is 4.70. The number of aryl methyl sites for hydroxylation is 2. The predicted molar refractivity (Wildman–Crippen MR) is 71.6 cm³/mol. The Balaban J connectivity index is 2.21. The zero-order valence-electron chi connectivity index (χ0n) is 10.7. The molecule has 3 rings (SSSR count). The normalized spacial score (nSPS) is 13.7. The zero-order chi connectivity index (χ0) is 12.7. The van der Waals surface area contributed by atoms with Crippen molar-refractivity contribution in [3.8, 4) is 16.9 Å². The van der Waals surface area contributed by atoms with Crippen molar-refractivity contribution in [2.45, 2.75) is 19.3 Å². The van der Waals surface area contributed by atoms with Gasteiger partial charge < -0.3 is 10.5 Å². The molecule has 0 fully saturated rings. The van der Waals surface area contributed by atoms with Gasteiger partial charge in [0.2, 0.25) is 0 Å². The molecule has 0 amide bonds. The van der Waals surface area contributed by atoms with Gasteiger partial charge in [0.15, 0.2) is 0 Å². The number of ether oxygens (including phenoxy) is 1. The Morgan fingerprint density at radius 1 is 1.28 bits per heavy atom. The Hall–Kier alpha value is -1.97. The lowest BCUT2D eigenvalue weighted by molar-refractivity contribution is 0.412. The van der Waals surface area contributed by atoms with Gasteiger partial charge in [0.25, 0.3) is 0 Å². The molecule has 4 heteroatoms. The van der Waals surface area contributed by atoms with E-state index in [4.69, 9.17) is 10.5 Å². The number of hydrogen-bond acceptors (Lipinski definition) is 3. The van der Waals surface area contributed by atoms with Crippen molar-refractivity contribution in [3.05, 3.63) is 29.5 Å². The third kappa shape index (κ3) is 1.49. The van der Waals surface area contributed by atoms with Gasteiger partial charge in [0, 0.05) is 18.2 Å². The number of hydrogen-bond donors (Lipinski definition) is 1. The molecule has 1 aliphatic carbocycles. The van der Waals surface area contributed by atoms with Crippen molar-refractivity contribution in [1.82, 2.24) is 9.78 Å². The maximum Gasteiger partial charge on any atom is 0.130 e. The van der Waals surface area contributed by atoms with E-state index in [0.717, 1.165) is 29.7 Å². The summed E-state index contributed by atoms with van der Waals surface area (Å²) < 4.78 is 7.30. The van der Waals surface area contributed by atoms with Crippen LogP contribution in [-0.4, -0.2) is 16.9 Å². The number of anilines is 1. The van der Waals surface area contributed by atoms with Crippen molar-refractivity contribution >= 4 is 5.82 Å². The van der Waals surface area contributed by atoms with E-state index in [1.165, 1.54) is 17.5 Å². The van der Waals surface area contributed by atoms with Crippen LogP contribution in [0.25, 0.3) is 11.1 Å². The first-order valence-corrected chi connectivity index (χ1v) is 6.19. The molecule has 1 aliphatic rings. The third-order valence-corrected chi connectivity index (χ3v) is 3.71. The maximum absolute atomic E-state index is 6.05. The van der Waals surface area contributed by atoms with E-state index >= 15 is 0 Å². The van der Waals surface area contributed by atoms with Gasteiger partial charge in [-0.25, -0.2) is 0 Å². The molecular formula is C14H17N3O. The molecule has 0 unspecified atom stereocenters. The highest BCUT2D eigenvalue weighted by molar-refractivity contribution is 5.80. The highest BCUT2D eigenvalue weighted by Crippen LogP contribution is 2.40. The Morgan fingerprint density at radius 2 is 2.11 bits per heavy atom. The minimum atomic E-state index is 0.672. The van der Waals surface area contributed by atoms with Gasteiger partial charge in [-0.1, -0.05) is 12.1 Å². The molecule has 1 aromatic heterocycles. The van der Waals surface area contributed by atoms with Gasteiger partial charge in [-0.2, -0.15) is 5.10 Å². The van der Waals surface area contributed by atoms with Crippen LogP contribution in [0.1, 0.15) is 17.5 Å². The zero-order valence-corrected chi connectivity index (χ0v) is 10.7. The fourth-order valence-corrected chi connectivity index (χ4v) is 2.73. The molecule has 0 bridgehead atoms. The number of aromatic nitrogens is 2. The lowest BCUT2D eigenvalue weighted by Gasteiger charge is -2.13. The van der Waals surface area contributed by atoms with Crippen molar-refractivity contribution in [1.29, 1.82) is 0 Å². The Labute approximate surface area is 106 Å². The first kappa shape index (κ1) is 11.1. The van der Waals surface area contributed by atoms with Crippen LogP contribution in [0.2, 0.25) is 0 Å². The second-order valence-electron chi connectivity index (χ2n) is 4.70. The van der Waals surface area contributed by atoms with E-state index in [9.17, 15) is 0 Å². The lowest BCUT2D eigenvalue weighted by atomic mass is 10.0. The van der Waals surface area contributed by atoms with Gasteiger partial charge in [-0.3, -0.25) is 4.68 Å². The van der Waals surface area contributed by atoms with E-state index in [-0.39, 0.29) is 0 Å². The minimum Gasteiger partial charge on any atom is -0.496 e. The maximum atomic E-state index is 6.05. The first-order valence-electron chi connectivity index (χ1n) is 6.19. The van der Waals surface area contributed by atoms with E-state index < -0.39 is 0 Å². The van der Waals surface area contributed by atoms with Gasteiger partial charge in [0.1, 0.15) is 11.6 Å². The highest BCUT2D eigenvalue weighted by atomic mass is 16.5. The van der Waals surface area contributed by atoms with Crippen LogP contribution in [0, 0.1) is 0 Å². The fraction of sp³-hybridized carbons (Fsp3) is 0.357. The summed E-state index contributed by atoms with van der Waals surface area (Å²) >= 11 is 0. The van der Waals surface area contributed by atoms with E-state index in [1.54, 1.807) is 18.0 Å². The molecule has 4 nitrogen and oxygen atoms in total. The van der Waals surface area contributed by atoms with Gasteiger partial charge >= 0.3 is 0 Å². The molecule has 0 atom stereocenters. The SMILES string of the molecule is COc1c(-c2cnn(C)c2N)ccc2c1CCC2. The van der Waals surface area contributed by atoms with E-state index in [1.807, 2.05) is 7.05 Å². The smallest absolute Gasteiger partial charge is 0.130 e. The average molecular weight is 243 g/mol. The number of nitrogen functional groups attached to an aromatic ring is 1. The number of benzene rings is 1. The first-order chi connectivity index (χ1) is 8.72. The van der Waals surface area contributed by atoms with Crippen LogP contribution in [0.4, 0.5) is 5.82 Å². The summed E-state index contributed by atoms with van der Waals surface area (Å²) in [6.07, 6.45) is 5.24. The van der Waals surface area contributed by atoms with Crippen molar-refractivity contribution in [3.63, 3.8) is 0 Å². The van der Waals surface area contributed by atoms with E-state index in [0.29, 0.717) is 5.82 Å².